The van der Waals surface area contributed by atoms with E-state index in [-0.39, 0.29) is 30.6 Å². The molecule has 5 atom stereocenters. The molecule has 11 heteroatoms. The standard InChI is InChI=1S/C54H56Cl2N4O5/c1-6-48(37-11-9-8-10-12-37)60-31-41-29-51-42(30-59(5)32-52(65-51)38-17-20-43(21-18-38)64-50(7-2)39-19-22-45(55)46(56)27-39)26-40(41)28-49(60)53(61)58-47(54(62)63)25-35-13-15-36(16-14-35)44-23-24-57-34(4)33(44)3/h8-24,26-27,29,47-50,52H,6-7,25,28,30-32H2,1-5H3,(H,58,61)(H,62,63)/t47-,48?,49-,50+,52+/m0/s1. The highest BCUT2D eigenvalue weighted by Crippen LogP contribution is 2.40. The number of nitrogens with zero attached hydrogens (tertiary/aromatic N) is 3. The topological polar surface area (TPSA) is 104 Å². The number of hydrogen-bond acceptors (Lipinski definition) is 7. The lowest BCUT2D eigenvalue weighted by atomic mass is 9.88. The maximum absolute atomic E-state index is 14.6. The Balaban J connectivity index is 1.03. The number of fused-ring (bicyclic) bond motifs is 2. The molecule has 0 bridgehead atoms. The Morgan fingerprint density at radius 3 is 2.29 bits per heavy atom. The smallest absolute Gasteiger partial charge is 0.326 e. The van der Waals surface area contributed by atoms with Gasteiger partial charge >= 0.3 is 5.97 Å². The minimum absolute atomic E-state index is 0.0838. The van der Waals surface area contributed by atoms with Gasteiger partial charge in [0.05, 0.1) is 16.1 Å². The fourth-order valence-corrected chi connectivity index (χ4v) is 9.64. The van der Waals surface area contributed by atoms with Crippen LogP contribution in [0.4, 0.5) is 0 Å². The largest absolute Gasteiger partial charge is 0.486 e. The molecule has 1 aromatic heterocycles. The third kappa shape index (κ3) is 10.4. The van der Waals surface area contributed by atoms with Gasteiger partial charge in [0.1, 0.15) is 29.7 Å². The third-order valence-electron chi connectivity index (χ3n) is 13.0. The number of aliphatic carboxylic acids is 1. The first-order chi connectivity index (χ1) is 31.4. The molecule has 65 heavy (non-hydrogen) atoms. The van der Waals surface area contributed by atoms with Gasteiger partial charge in [0.15, 0.2) is 0 Å². The number of carboxylic acid groups (broad SMARTS) is 1. The Labute approximate surface area is 392 Å². The molecule has 0 saturated carbocycles. The third-order valence-corrected chi connectivity index (χ3v) is 13.7. The summed E-state index contributed by atoms with van der Waals surface area (Å²) in [6, 6.07) is 36.4. The van der Waals surface area contributed by atoms with Crippen molar-refractivity contribution in [2.45, 2.75) is 96.8 Å². The van der Waals surface area contributed by atoms with Crippen molar-refractivity contribution in [3.05, 3.63) is 182 Å². The first kappa shape index (κ1) is 45.8. The number of nitrogens with one attached hydrogen (secondary N) is 1. The number of carboxylic acids is 1. The van der Waals surface area contributed by atoms with Gasteiger partial charge in [0.25, 0.3) is 0 Å². The molecule has 336 valence electrons. The molecule has 2 N–H and O–H groups in total. The van der Waals surface area contributed by atoms with Gasteiger partial charge in [-0.2, -0.15) is 0 Å². The molecule has 3 heterocycles. The number of halogens is 2. The zero-order valence-corrected chi connectivity index (χ0v) is 39.1. The van der Waals surface area contributed by atoms with Gasteiger partial charge in [-0.1, -0.05) is 116 Å². The summed E-state index contributed by atoms with van der Waals surface area (Å²) in [5.41, 5.74) is 11.3. The van der Waals surface area contributed by atoms with Gasteiger partial charge in [-0.3, -0.25) is 19.6 Å². The maximum atomic E-state index is 14.6. The molecule has 1 amide bonds. The van der Waals surface area contributed by atoms with Gasteiger partial charge < -0.3 is 19.9 Å². The monoisotopic (exact) mass is 910 g/mol. The first-order valence-electron chi connectivity index (χ1n) is 22.5. The highest BCUT2D eigenvalue weighted by atomic mass is 35.5. The average Bonchev–Trinajstić information content (AvgIpc) is 3.47. The van der Waals surface area contributed by atoms with Crippen LogP contribution in [0.15, 0.2) is 121 Å². The van der Waals surface area contributed by atoms with Crippen molar-refractivity contribution in [2.75, 3.05) is 13.6 Å². The average molecular weight is 912 g/mol. The van der Waals surface area contributed by atoms with Crippen molar-refractivity contribution in [3.63, 3.8) is 0 Å². The molecule has 2 aliphatic rings. The van der Waals surface area contributed by atoms with Crippen molar-refractivity contribution in [3.8, 4) is 22.6 Å². The second-order valence-corrected chi connectivity index (χ2v) is 18.2. The second kappa shape index (κ2) is 20.2. The summed E-state index contributed by atoms with van der Waals surface area (Å²) in [7, 11) is 2.09. The molecule has 8 rings (SSSR count). The molecule has 9 nitrogen and oxygen atoms in total. The number of carbonyl (C=O) groups excluding carboxylic acids is 1. The van der Waals surface area contributed by atoms with Crippen molar-refractivity contribution in [2.24, 2.45) is 0 Å². The number of hydrogen-bond donors (Lipinski definition) is 2. The quantitative estimate of drug-likeness (QED) is 0.111. The Morgan fingerprint density at radius 2 is 1.60 bits per heavy atom. The molecule has 2 aliphatic heterocycles. The molecular weight excluding hydrogens is 856 g/mol. The zero-order chi connectivity index (χ0) is 45.8. The van der Waals surface area contributed by atoms with E-state index < -0.39 is 18.1 Å². The van der Waals surface area contributed by atoms with E-state index in [2.05, 4.69) is 84.3 Å². The zero-order valence-electron chi connectivity index (χ0n) is 37.6. The lowest BCUT2D eigenvalue weighted by Gasteiger charge is -2.41. The number of benzene rings is 5. The van der Waals surface area contributed by atoms with Crippen LogP contribution in [0.2, 0.25) is 10.0 Å². The highest BCUT2D eigenvalue weighted by molar-refractivity contribution is 6.42. The number of carbonyl (C=O) groups is 2. The summed E-state index contributed by atoms with van der Waals surface area (Å²) in [6.45, 7) is 10.1. The van der Waals surface area contributed by atoms with Crippen LogP contribution in [0, 0.1) is 13.8 Å². The van der Waals surface area contributed by atoms with Crippen molar-refractivity contribution < 1.29 is 24.2 Å². The van der Waals surface area contributed by atoms with Gasteiger partial charge in [0.2, 0.25) is 5.91 Å². The van der Waals surface area contributed by atoms with Crippen molar-refractivity contribution in [1.82, 2.24) is 20.1 Å². The molecule has 6 aromatic rings. The number of ether oxygens (including phenoxy) is 2. The SMILES string of the molecule is CCC(c1ccccc1)N1Cc2cc3c(cc2C[C@H]1C(=O)N[C@@H](Cc1ccc(-c2ccnc(C)c2C)cc1)C(=O)O)CN(C)C[C@H](c1ccc(O[C@H](CC)c2ccc(Cl)c(Cl)c2)cc1)O3. The van der Waals surface area contributed by atoms with E-state index in [0.717, 1.165) is 85.7 Å². The minimum Gasteiger partial charge on any atom is -0.486 e. The summed E-state index contributed by atoms with van der Waals surface area (Å²) in [5.74, 6) is 0.207. The van der Waals surface area contributed by atoms with Gasteiger partial charge in [-0.25, -0.2) is 4.79 Å². The number of likely N-dealkylation sites (N-methyl/N-ethyl adjacent to an activating group) is 1. The van der Waals surface area contributed by atoms with Crippen molar-refractivity contribution in [1.29, 1.82) is 0 Å². The van der Waals surface area contributed by atoms with E-state index >= 15 is 0 Å². The number of aryl methyl sites for hydroxylation is 1. The number of aromatic nitrogens is 1. The predicted molar refractivity (Wildman–Crippen MR) is 258 cm³/mol. The molecule has 0 saturated heterocycles. The van der Waals surface area contributed by atoms with E-state index in [9.17, 15) is 14.7 Å². The summed E-state index contributed by atoms with van der Waals surface area (Å²) in [4.78, 5) is 36.3. The van der Waals surface area contributed by atoms with E-state index in [1.165, 1.54) is 0 Å². The fraction of sp³-hybridized carbons (Fsp3) is 0.315. The summed E-state index contributed by atoms with van der Waals surface area (Å²) in [6.07, 6.45) is 3.49. The van der Waals surface area contributed by atoms with Crippen LogP contribution >= 0.6 is 23.2 Å². The van der Waals surface area contributed by atoms with Crippen molar-refractivity contribution >= 4 is 35.1 Å². The number of rotatable bonds is 14. The predicted octanol–water partition coefficient (Wildman–Crippen LogP) is 11.5. The first-order valence-corrected chi connectivity index (χ1v) is 23.2. The van der Waals surface area contributed by atoms with Crippen LogP contribution in [-0.2, 0) is 35.5 Å². The van der Waals surface area contributed by atoms with Crippen LogP contribution in [-0.4, -0.2) is 57.4 Å². The van der Waals surface area contributed by atoms with Crippen LogP contribution in [0.5, 0.6) is 11.5 Å². The highest BCUT2D eigenvalue weighted by Gasteiger charge is 2.38. The number of amides is 1. The van der Waals surface area contributed by atoms with E-state index in [1.807, 2.05) is 79.7 Å². The summed E-state index contributed by atoms with van der Waals surface area (Å²) < 4.78 is 13.3. The summed E-state index contributed by atoms with van der Waals surface area (Å²) >= 11 is 12.5. The molecule has 0 fully saturated rings. The van der Waals surface area contributed by atoms with Gasteiger partial charge in [-0.15, -0.1) is 0 Å². The molecule has 0 aliphatic carbocycles. The van der Waals surface area contributed by atoms with E-state index in [0.29, 0.717) is 36.1 Å². The van der Waals surface area contributed by atoms with Crippen LogP contribution in [0.3, 0.4) is 0 Å². The molecule has 5 aromatic carbocycles. The molecule has 1 unspecified atom stereocenters. The Bertz CT molecular complexity index is 2640. The normalized spacial score (nSPS) is 17.7. The van der Waals surface area contributed by atoms with Crippen LogP contribution in [0.1, 0.15) is 95.1 Å². The Hall–Kier alpha value is -5.71. The van der Waals surface area contributed by atoms with Gasteiger partial charge in [-0.05, 0) is 127 Å². The van der Waals surface area contributed by atoms with E-state index in [1.54, 1.807) is 12.3 Å². The fourth-order valence-electron chi connectivity index (χ4n) is 9.33. The van der Waals surface area contributed by atoms with E-state index in [4.69, 9.17) is 32.7 Å². The molecular formula is C54H56Cl2N4O5. The number of pyridine rings is 1. The van der Waals surface area contributed by atoms with Crippen LogP contribution < -0.4 is 14.8 Å². The minimum atomic E-state index is -1.11. The Morgan fingerprint density at radius 1 is 0.846 bits per heavy atom. The van der Waals surface area contributed by atoms with Crippen LogP contribution in [0.25, 0.3) is 11.1 Å². The van der Waals surface area contributed by atoms with Gasteiger partial charge in [0, 0.05) is 49.6 Å². The summed E-state index contributed by atoms with van der Waals surface area (Å²) in [5, 5.41) is 14.5. The molecule has 0 spiro atoms. The Kier molecular flexibility index (Phi) is 14.3. The maximum Gasteiger partial charge on any atom is 0.326 e. The lowest BCUT2D eigenvalue weighted by Crippen LogP contribution is -2.55. The second-order valence-electron chi connectivity index (χ2n) is 17.4. The molecule has 0 radical (unpaired) electrons. The lowest BCUT2D eigenvalue weighted by molar-refractivity contribution is -0.143.